The Labute approximate surface area is 166 Å². The van der Waals surface area contributed by atoms with Crippen LogP contribution in [0.2, 0.25) is 0 Å². The fraction of sp³-hybridized carbons (Fsp3) is 0.0476. The van der Waals surface area contributed by atoms with Crippen LogP contribution in [0.25, 0.3) is 6.08 Å². The zero-order chi connectivity index (χ0) is 20.8. The topological polar surface area (TPSA) is 120 Å². The smallest absolute Gasteiger partial charge is 0.269 e. The van der Waals surface area contributed by atoms with Crippen LogP contribution in [0.5, 0.6) is 5.75 Å². The monoisotopic (exact) mass is 390 g/mol. The Kier molecular flexibility index (Phi) is 5.84. The Hall–Kier alpha value is -4.20. The van der Waals surface area contributed by atoms with Crippen molar-refractivity contribution in [3.8, 4) is 5.75 Å². The highest BCUT2D eigenvalue weighted by atomic mass is 16.6. The molecule has 3 aromatic rings. The zero-order valence-corrected chi connectivity index (χ0v) is 15.5. The molecule has 0 unspecified atom stereocenters. The van der Waals surface area contributed by atoms with E-state index in [0.29, 0.717) is 28.5 Å². The maximum Gasteiger partial charge on any atom is 0.269 e. The number of rotatable bonds is 7. The molecule has 1 aromatic heterocycles. The minimum absolute atomic E-state index is 0.0189. The summed E-state index contributed by atoms with van der Waals surface area (Å²) in [5, 5.41) is 13.8. The maximum absolute atomic E-state index is 12.7. The van der Waals surface area contributed by atoms with E-state index in [1.54, 1.807) is 54.7 Å². The minimum Gasteiger partial charge on any atom is -0.495 e. The molecule has 1 heterocycles. The fourth-order valence-corrected chi connectivity index (χ4v) is 2.63. The quantitative estimate of drug-likeness (QED) is 0.204. The van der Waals surface area contributed by atoms with Gasteiger partial charge in [-0.15, -0.1) is 0 Å². The third-order valence-corrected chi connectivity index (χ3v) is 4.09. The Morgan fingerprint density at radius 1 is 1.21 bits per heavy atom. The molecule has 0 aliphatic rings. The van der Waals surface area contributed by atoms with Crippen molar-refractivity contribution < 1.29 is 14.5 Å². The number of anilines is 3. The first-order chi connectivity index (χ1) is 14.0. The maximum atomic E-state index is 12.7. The molecule has 0 spiro atoms. The number of carbonyl (C=O) groups is 1. The number of non-ortho nitro benzene ring substituents is 1. The third-order valence-electron chi connectivity index (χ3n) is 4.09. The van der Waals surface area contributed by atoms with E-state index in [1.807, 2.05) is 0 Å². The number of methoxy groups -OCH3 is 1. The van der Waals surface area contributed by atoms with E-state index in [1.165, 1.54) is 25.3 Å². The van der Waals surface area contributed by atoms with Crippen LogP contribution >= 0.6 is 0 Å². The van der Waals surface area contributed by atoms with Gasteiger partial charge in [0.1, 0.15) is 11.6 Å². The molecule has 0 atom stereocenters. The second-order valence-corrected chi connectivity index (χ2v) is 6.03. The summed E-state index contributed by atoms with van der Waals surface area (Å²) in [6.07, 6.45) is 4.64. The van der Waals surface area contributed by atoms with Gasteiger partial charge in [-0.25, -0.2) is 4.98 Å². The van der Waals surface area contributed by atoms with Gasteiger partial charge in [-0.05, 0) is 48.0 Å². The van der Waals surface area contributed by atoms with Crippen molar-refractivity contribution >= 4 is 34.7 Å². The average Bonchev–Trinajstić information content (AvgIpc) is 2.73. The summed E-state index contributed by atoms with van der Waals surface area (Å²) in [5.41, 5.74) is 8.04. The number of nitrogens with two attached hydrogens (primary N) is 1. The molecular formula is C21H18N4O4. The number of ether oxygens (including phenoxy) is 1. The lowest BCUT2D eigenvalue weighted by atomic mass is 10.1. The second kappa shape index (κ2) is 8.66. The lowest BCUT2D eigenvalue weighted by molar-refractivity contribution is -0.384. The summed E-state index contributed by atoms with van der Waals surface area (Å²) >= 11 is 0. The first-order valence-electron chi connectivity index (χ1n) is 8.60. The van der Waals surface area contributed by atoms with Crippen LogP contribution in [0.15, 0.2) is 66.9 Å². The van der Waals surface area contributed by atoms with Crippen LogP contribution in [0, 0.1) is 10.1 Å². The van der Waals surface area contributed by atoms with Gasteiger partial charge in [0.2, 0.25) is 0 Å². The largest absolute Gasteiger partial charge is 0.495 e. The number of aromatic nitrogens is 1. The number of carbonyl (C=O) groups excluding carboxylic acids is 1. The molecule has 8 nitrogen and oxygen atoms in total. The van der Waals surface area contributed by atoms with Crippen LogP contribution in [-0.2, 0) is 0 Å². The molecule has 0 aliphatic carbocycles. The summed E-state index contributed by atoms with van der Waals surface area (Å²) in [6, 6.07) is 14.4. The molecule has 0 saturated carbocycles. The number of ketones is 1. The number of allylic oxidation sites excluding steroid dienone is 1. The highest BCUT2D eigenvalue weighted by Crippen LogP contribution is 2.24. The Morgan fingerprint density at radius 2 is 1.97 bits per heavy atom. The van der Waals surface area contributed by atoms with Crippen LogP contribution in [0.1, 0.15) is 15.9 Å². The molecule has 146 valence electrons. The molecule has 2 aromatic carbocycles. The van der Waals surface area contributed by atoms with E-state index in [0.717, 1.165) is 5.56 Å². The van der Waals surface area contributed by atoms with Crippen molar-refractivity contribution in [2.45, 2.75) is 0 Å². The first-order valence-corrected chi connectivity index (χ1v) is 8.60. The van der Waals surface area contributed by atoms with E-state index in [4.69, 9.17) is 10.5 Å². The number of nitro benzene ring substituents is 1. The molecule has 0 amide bonds. The lowest BCUT2D eigenvalue weighted by Gasteiger charge is -2.09. The summed E-state index contributed by atoms with van der Waals surface area (Å²) in [7, 11) is 1.53. The first kappa shape index (κ1) is 19.6. The van der Waals surface area contributed by atoms with Gasteiger partial charge < -0.3 is 15.8 Å². The number of hydrogen-bond acceptors (Lipinski definition) is 7. The van der Waals surface area contributed by atoms with Crippen LogP contribution in [0.3, 0.4) is 0 Å². The van der Waals surface area contributed by atoms with Crippen molar-refractivity contribution in [3.05, 3.63) is 88.1 Å². The Bertz CT molecular complexity index is 1080. The van der Waals surface area contributed by atoms with Gasteiger partial charge in [0, 0.05) is 24.0 Å². The van der Waals surface area contributed by atoms with E-state index in [9.17, 15) is 14.9 Å². The predicted octanol–water partition coefficient (Wildman–Crippen LogP) is 4.22. The van der Waals surface area contributed by atoms with Crippen molar-refractivity contribution in [1.82, 2.24) is 4.98 Å². The number of nitrogens with zero attached hydrogens (tertiary/aromatic N) is 2. The lowest BCUT2D eigenvalue weighted by Crippen LogP contribution is -2.03. The molecule has 0 saturated heterocycles. The van der Waals surface area contributed by atoms with Crippen molar-refractivity contribution in [1.29, 1.82) is 0 Å². The molecule has 3 N–H and O–H groups in total. The van der Waals surface area contributed by atoms with E-state index < -0.39 is 4.92 Å². The molecule has 29 heavy (non-hydrogen) atoms. The Balaban J connectivity index is 1.79. The van der Waals surface area contributed by atoms with Crippen LogP contribution < -0.4 is 15.8 Å². The Morgan fingerprint density at radius 3 is 2.62 bits per heavy atom. The van der Waals surface area contributed by atoms with E-state index in [-0.39, 0.29) is 11.5 Å². The highest BCUT2D eigenvalue weighted by molar-refractivity contribution is 6.10. The molecule has 0 aliphatic heterocycles. The van der Waals surface area contributed by atoms with Crippen LogP contribution in [-0.4, -0.2) is 22.8 Å². The second-order valence-electron chi connectivity index (χ2n) is 6.03. The van der Waals surface area contributed by atoms with Gasteiger partial charge in [-0.2, -0.15) is 0 Å². The molecule has 0 radical (unpaired) electrons. The van der Waals surface area contributed by atoms with Gasteiger partial charge in [0.25, 0.3) is 5.69 Å². The summed E-state index contributed by atoms with van der Waals surface area (Å²) in [6.45, 7) is 0. The fourth-order valence-electron chi connectivity index (χ4n) is 2.63. The standard InChI is InChI=1S/C21H18N4O4/c1-29-20-11-5-14(13-18(20)22)4-10-19(26)17-3-2-12-23-21(17)24-15-6-8-16(9-7-15)25(27)28/h2-13H,22H2,1H3,(H,23,24)/b10-4+. The SMILES string of the molecule is COc1ccc(/C=C/C(=O)c2cccnc2Nc2ccc([N+](=O)[O-])cc2)cc1N. The van der Waals surface area contributed by atoms with Crippen molar-refractivity contribution in [2.24, 2.45) is 0 Å². The van der Waals surface area contributed by atoms with Gasteiger partial charge in [0.15, 0.2) is 5.78 Å². The van der Waals surface area contributed by atoms with Crippen molar-refractivity contribution in [2.75, 3.05) is 18.2 Å². The third kappa shape index (κ3) is 4.75. The number of nitrogen functional groups attached to an aromatic ring is 1. The molecule has 0 fully saturated rings. The van der Waals surface area contributed by atoms with Gasteiger partial charge in [0.05, 0.1) is 23.3 Å². The number of benzene rings is 2. The van der Waals surface area contributed by atoms with E-state index in [2.05, 4.69) is 10.3 Å². The zero-order valence-electron chi connectivity index (χ0n) is 15.5. The number of nitro groups is 1. The van der Waals surface area contributed by atoms with E-state index >= 15 is 0 Å². The van der Waals surface area contributed by atoms with Gasteiger partial charge in [-0.1, -0.05) is 12.1 Å². The van der Waals surface area contributed by atoms with Gasteiger partial charge in [-0.3, -0.25) is 14.9 Å². The molecule has 8 heteroatoms. The summed E-state index contributed by atoms with van der Waals surface area (Å²) in [4.78, 5) is 27.2. The normalized spacial score (nSPS) is 10.7. The van der Waals surface area contributed by atoms with Crippen molar-refractivity contribution in [3.63, 3.8) is 0 Å². The number of nitrogens with one attached hydrogen (secondary N) is 1. The molecule has 0 bridgehead atoms. The highest BCUT2D eigenvalue weighted by Gasteiger charge is 2.11. The molecular weight excluding hydrogens is 372 g/mol. The number of pyridine rings is 1. The number of hydrogen-bond donors (Lipinski definition) is 2. The predicted molar refractivity (Wildman–Crippen MR) is 111 cm³/mol. The summed E-state index contributed by atoms with van der Waals surface area (Å²) < 4.78 is 5.12. The minimum atomic E-state index is -0.476. The van der Waals surface area contributed by atoms with Gasteiger partial charge >= 0.3 is 0 Å². The molecule has 3 rings (SSSR count). The summed E-state index contributed by atoms with van der Waals surface area (Å²) in [5.74, 6) is 0.664. The average molecular weight is 390 g/mol. The van der Waals surface area contributed by atoms with Crippen LogP contribution in [0.4, 0.5) is 22.9 Å².